The van der Waals surface area contributed by atoms with Gasteiger partial charge >= 0.3 is 6.03 Å². The zero-order chi connectivity index (χ0) is 21.3. The topological polar surface area (TPSA) is 42.1 Å². The van der Waals surface area contributed by atoms with Crippen LogP contribution < -0.4 is 5.32 Å². The standard InChI is InChI=1S/C24H41N5O/c1-26-13-11-23(12-14-26)27(2)17-18-28(3)24(30)25-19-21-9-15-29(16-10-21)20-22-7-5-4-6-8-22/h4-8,21,23H,9-20H2,1-3H3,(H,25,30). The Balaban J connectivity index is 1.28. The molecule has 2 saturated heterocycles. The first kappa shape index (κ1) is 23.0. The molecule has 0 aliphatic carbocycles. The van der Waals surface area contributed by atoms with Crippen molar-refractivity contribution in [1.29, 1.82) is 0 Å². The minimum Gasteiger partial charge on any atom is -0.338 e. The molecule has 2 aliphatic rings. The molecule has 2 amide bonds. The number of benzene rings is 1. The molecule has 0 unspecified atom stereocenters. The molecule has 2 aliphatic heterocycles. The Morgan fingerprint density at radius 3 is 2.33 bits per heavy atom. The van der Waals surface area contributed by atoms with Crippen molar-refractivity contribution < 1.29 is 4.79 Å². The van der Waals surface area contributed by atoms with E-state index in [0.717, 1.165) is 52.1 Å². The fourth-order valence-corrected chi connectivity index (χ4v) is 4.58. The van der Waals surface area contributed by atoms with Crippen molar-refractivity contribution in [1.82, 2.24) is 24.9 Å². The summed E-state index contributed by atoms with van der Waals surface area (Å²) in [6, 6.07) is 11.4. The lowest BCUT2D eigenvalue weighted by atomic mass is 9.96. The number of nitrogens with one attached hydrogen (secondary N) is 1. The number of carbonyl (C=O) groups is 1. The monoisotopic (exact) mass is 415 g/mol. The van der Waals surface area contributed by atoms with Crippen molar-refractivity contribution in [3.05, 3.63) is 35.9 Å². The number of nitrogens with zero attached hydrogens (tertiary/aromatic N) is 4. The van der Waals surface area contributed by atoms with E-state index in [2.05, 4.69) is 64.4 Å². The van der Waals surface area contributed by atoms with Crippen LogP contribution in [0.25, 0.3) is 0 Å². The van der Waals surface area contributed by atoms with Crippen molar-refractivity contribution in [3.8, 4) is 0 Å². The van der Waals surface area contributed by atoms with E-state index in [0.29, 0.717) is 12.0 Å². The van der Waals surface area contributed by atoms with Gasteiger partial charge in [0.2, 0.25) is 0 Å². The predicted octanol–water partition coefficient (Wildman–Crippen LogP) is 2.57. The second-order valence-corrected chi connectivity index (χ2v) is 9.33. The summed E-state index contributed by atoms with van der Waals surface area (Å²) in [5.74, 6) is 0.594. The Hall–Kier alpha value is -1.63. The lowest BCUT2D eigenvalue weighted by Crippen LogP contribution is -2.47. The Bertz CT molecular complexity index is 624. The Morgan fingerprint density at radius 2 is 1.67 bits per heavy atom. The quantitative estimate of drug-likeness (QED) is 0.709. The third-order valence-electron chi connectivity index (χ3n) is 6.94. The van der Waals surface area contributed by atoms with Gasteiger partial charge in [-0.05, 0) is 77.4 Å². The molecular weight excluding hydrogens is 374 g/mol. The van der Waals surface area contributed by atoms with E-state index >= 15 is 0 Å². The largest absolute Gasteiger partial charge is 0.338 e. The fourth-order valence-electron chi connectivity index (χ4n) is 4.58. The Labute approximate surface area is 183 Å². The number of piperidine rings is 2. The summed E-state index contributed by atoms with van der Waals surface area (Å²) in [6.45, 7) is 8.14. The highest BCUT2D eigenvalue weighted by Crippen LogP contribution is 2.18. The molecule has 3 rings (SSSR count). The molecule has 0 radical (unpaired) electrons. The van der Waals surface area contributed by atoms with Crippen molar-refractivity contribution in [2.24, 2.45) is 5.92 Å². The number of likely N-dealkylation sites (N-methyl/N-ethyl adjacent to an activating group) is 2. The highest BCUT2D eigenvalue weighted by molar-refractivity contribution is 5.73. The van der Waals surface area contributed by atoms with Crippen molar-refractivity contribution in [2.75, 3.05) is 67.0 Å². The Kier molecular flexibility index (Phi) is 8.97. The molecule has 1 N–H and O–H groups in total. The second kappa shape index (κ2) is 11.7. The van der Waals surface area contributed by atoms with Gasteiger partial charge in [-0.25, -0.2) is 4.79 Å². The first-order valence-corrected chi connectivity index (χ1v) is 11.7. The molecule has 168 valence electrons. The Morgan fingerprint density at radius 1 is 1.00 bits per heavy atom. The maximum Gasteiger partial charge on any atom is 0.317 e. The van der Waals surface area contributed by atoms with E-state index in [4.69, 9.17) is 0 Å². The van der Waals surface area contributed by atoms with E-state index in [1.165, 1.54) is 31.5 Å². The number of carbonyl (C=O) groups excluding carboxylic acids is 1. The van der Waals surface area contributed by atoms with Crippen molar-refractivity contribution in [2.45, 2.75) is 38.3 Å². The van der Waals surface area contributed by atoms with Crippen LogP contribution in [0, 0.1) is 5.92 Å². The maximum absolute atomic E-state index is 12.5. The average Bonchev–Trinajstić information content (AvgIpc) is 2.77. The molecule has 6 nitrogen and oxygen atoms in total. The number of hydrogen-bond acceptors (Lipinski definition) is 4. The van der Waals surface area contributed by atoms with Crippen LogP contribution in [0.4, 0.5) is 4.79 Å². The maximum atomic E-state index is 12.5. The van der Waals surface area contributed by atoms with Crippen molar-refractivity contribution >= 4 is 6.03 Å². The average molecular weight is 416 g/mol. The van der Waals surface area contributed by atoms with Gasteiger partial charge in [0.05, 0.1) is 0 Å². The van der Waals surface area contributed by atoms with Gasteiger partial charge < -0.3 is 20.0 Å². The van der Waals surface area contributed by atoms with Gasteiger partial charge in [0.15, 0.2) is 0 Å². The molecule has 0 atom stereocenters. The molecule has 0 aromatic heterocycles. The molecule has 6 heteroatoms. The number of rotatable bonds is 8. The van der Waals surface area contributed by atoms with E-state index in [1.54, 1.807) is 0 Å². The third kappa shape index (κ3) is 7.25. The summed E-state index contributed by atoms with van der Waals surface area (Å²) >= 11 is 0. The van der Waals surface area contributed by atoms with Crippen LogP contribution in [0.15, 0.2) is 30.3 Å². The van der Waals surface area contributed by atoms with Gasteiger partial charge in [0, 0.05) is 39.3 Å². The number of urea groups is 1. The van der Waals surface area contributed by atoms with Crippen LogP contribution in [0.3, 0.4) is 0 Å². The number of likely N-dealkylation sites (tertiary alicyclic amines) is 2. The first-order chi connectivity index (χ1) is 14.5. The molecule has 2 heterocycles. The molecule has 30 heavy (non-hydrogen) atoms. The second-order valence-electron chi connectivity index (χ2n) is 9.33. The zero-order valence-corrected chi connectivity index (χ0v) is 19.2. The minimum absolute atomic E-state index is 0.0680. The van der Waals surface area contributed by atoms with Crippen LogP contribution in [-0.4, -0.2) is 98.6 Å². The van der Waals surface area contributed by atoms with E-state index in [9.17, 15) is 4.79 Å². The summed E-state index contributed by atoms with van der Waals surface area (Å²) in [5.41, 5.74) is 1.39. The highest BCUT2D eigenvalue weighted by Gasteiger charge is 2.22. The molecule has 1 aromatic rings. The number of amides is 2. The third-order valence-corrected chi connectivity index (χ3v) is 6.94. The molecule has 1 aromatic carbocycles. The van der Waals surface area contributed by atoms with Gasteiger partial charge in [0.25, 0.3) is 0 Å². The van der Waals surface area contributed by atoms with Crippen LogP contribution >= 0.6 is 0 Å². The van der Waals surface area contributed by atoms with Gasteiger partial charge in [-0.1, -0.05) is 30.3 Å². The fraction of sp³-hybridized carbons (Fsp3) is 0.708. The van der Waals surface area contributed by atoms with Crippen LogP contribution in [-0.2, 0) is 6.54 Å². The highest BCUT2D eigenvalue weighted by atomic mass is 16.2. The van der Waals surface area contributed by atoms with Gasteiger partial charge in [-0.2, -0.15) is 0 Å². The van der Waals surface area contributed by atoms with E-state index in [-0.39, 0.29) is 6.03 Å². The molecule has 0 saturated carbocycles. The van der Waals surface area contributed by atoms with Gasteiger partial charge in [-0.3, -0.25) is 4.90 Å². The lowest BCUT2D eigenvalue weighted by Gasteiger charge is -2.36. The minimum atomic E-state index is 0.0680. The summed E-state index contributed by atoms with van der Waals surface area (Å²) in [5, 5.41) is 3.17. The van der Waals surface area contributed by atoms with E-state index in [1.807, 2.05) is 11.9 Å². The summed E-state index contributed by atoms with van der Waals surface area (Å²) in [7, 11) is 6.31. The molecule has 2 fully saturated rings. The summed E-state index contributed by atoms with van der Waals surface area (Å²) in [6.07, 6.45) is 4.78. The smallest absolute Gasteiger partial charge is 0.317 e. The van der Waals surface area contributed by atoms with Crippen molar-refractivity contribution in [3.63, 3.8) is 0 Å². The molecule has 0 spiro atoms. The molecule has 0 bridgehead atoms. The first-order valence-electron chi connectivity index (χ1n) is 11.7. The summed E-state index contributed by atoms with van der Waals surface area (Å²) < 4.78 is 0. The molecular formula is C24H41N5O. The SMILES string of the molecule is CN1CCC(N(C)CCN(C)C(=O)NCC2CCN(Cc3ccccc3)CC2)CC1. The van der Waals surface area contributed by atoms with Crippen LogP contribution in [0.1, 0.15) is 31.2 Å². The zero-order valence-electron chi connectivity index (χ0n) is 19.2. The predicted molar refractivity (Wildman–Crippen MR) is 124 cm³/mol. The van der Waals surface area contributed by atoms with Gasteiger partial charge in [-0.15, -0.1) is 0 Å². The normalized spacial score (nSPS) is 19.9. The lowest BCUT2D eigenvalue weighted by molar-refractivity contribution is 0.134. The van der Waals surface area contributed by atoms with Gasteiger partial charge in [0.1, 0.15) is 0 Å². The van der Waals surface area contributed by atoms with E-state index < -0.39 is 0 Å². The summed E-state index contributed by atoms with van der Waals surface area (Å²) in [4.78, 5) is 21.7. The number of hydrogen-bond donors (Lipinski definition) is 1. The van der Waals surface area contributed by atoms with Crippen LogP contribution in [0.2, 0.25) is 0 Å². The van der Waals surface area contributed by atoms with Crippen LogP contribution in [0.5, 0.6) is 0 Å².